The van der Waals surface area contributed by atoms with Gasteiger partial charge in [0.25, 0.3) is 0 Å². The lowest BCUT2D eigenvalue weighted by atomic mass is 10.1. The molecule has 1 unspecified atom stereocenters. The van der Waals surface area contributed by atoms with Gasteiger partial charge >= 0.3 is 5.97 Å². The van der Waals surface area contributed by atoms with Crippen molar-refractivity contribution in [2.75, 3.05) is 11.9 Å². The molecular formula is C15H20N2O4. The fraction of sp³-hybridized carbons (Fsp3) is 0.400. The monoisotopic (exact) mass is 292 g/mol. The molecule has 0 aliphatic heterocycles. The fourth-order valence-electron chi connectivity index (χ4n) is 1.80. The molecule has 0 aliphatic carbocycles. The average Bonchev–Trinajstić information content (AvgIpc) is 2.40. The summed E-state index contributed by atoms with van der Waals surface area (Å²) in [5.74, 6) is -1.84. The molecule has 3 N–H and O–H groups in total. The maximum absolute atomic E-state index is 11.7. The van der Waals surface area contributed by atoms with E-state index >= 15 is 0 Å². The summed E-state index contributed by atoms with van der Waals surface area (Å²) in [4.78, 5) is 33.5. The second kappa shape index (κ2) is 8.04. The highest BCUT2D eigenvalue weighted by Gasteiger charge is 2.15. The van der Waals surface area contributed by atoms with Crippen LogP contribution in [0.1, 0.15) is 25.8 Å². The average molecular weight is 292 g/mol. The highest BCUT2D eigenvalue weighted by molar-refractivity contribution is 5.88. The quantitative estimate of drug-likeness (QED) is 0.708. The molecule has 0 aromatic heterocycles. The van der Waals surface area contributed by atoms with Gasteiger partial charge in [-0.05, 0) is 24.1 Å². The highest BCUT2D eigenvalue weighted by atomic mass is 16.4. The number of carbonyl (C=O) groups excluding carboxylic acids is 2. The number of carboxylic acid groups (broad SMARTS) is 1. The van der Waals surface area contributed by atoms with Crippen LogP contribution in [0.3, 0.4) is 0 Å². The van der Waals surface area contributed by atoms with E-state index < -0.39 is 11.9 Å². The molecule has 1 rings (SSSR count). The highest BCUT2D eigenvalue weighted by Crippen LogP contribution is 2.10. The van der Waals surface area contributed by atoms with Crippen molar-refractivity contribution < 1.29 is 19.5 Å². The summed E-state index contributed by atoms with van der Waals surface area (Å²) in [6.07, 6.45) is 0.650. The second-order valence-corrected chi connectivity index (χ2v) is 4.80. The van der Waals surface area contributed by atoms with Gasteiger partial charge in [-0.3, -0.25) is 14.4 Å². The van der Waals surface area contributed by atoms with E-state index in [1.807, 2.05) is 0 Å². The minimum Gasteiger partial charge on any atom is -0.481 e. The first-order valence-corrected chi connectivity index (χ1v) is 6.78. The summed E-state index contributed by atoms with van der Waals surface area (Å²) in [5.41, 5.74) is 1.47. The van der Waals surface area contributed by atoms with E-state index in [0.29, 0.717) is 12.1 Å². The number of aliphatic carboxylic acids is 1. The molecule has 0 fully saturated rings. The predicted octanol–water partition coefficient (Wildman–Crippen LogP) is 1.41. The Morgan fingerprint density at radius 3 is 2.29 bits per heavy atom. The SMILES string of the molecule is CCC(CNC(=O)Cc1ccc(NC(C)=O)cc1)C(=O)O. The molecule has 1 aromatic rings. The molecule has 0 heterocycles. The molecule has 0 aliphatic rings. The van der Waals surface area contributed by atoms with Gasteiger partial charge in [-0.1, -0.05) is 19.1 Å². The summed E-state index contributed by atoms with van der Waals surface area (Å²) in [5, 5.41) is 14.2. The van der Waals surface area contributed by atoms with Crippen LogP contribution in [0.5, 0.6) is 0 Å². The topological polar surface area (TPSA) is 95.5 Å². The van der Waals surface area contributed by atoms with Crippen LogP contribution >= 0.6 is 0 Å². The standard InChI is InChI=1S/C15H20N2O4/c1-3-12(15(20)21)9-16-14(19)8-11-4-6-13(7-5-11)17-10(2)18/h4-7,12H,3,8-9H2,1-2H3,(H,16,19)(H,17,18)(H,20,21). The molecule has 21 heavy (non-hydrogen) atoms. The maximum atomic E-state index is 11.7. The van der Waals surface area contributed by atoms with E-state index in [0.717, 1.165) is 5.56 Å². The minimum atomic E-state index is -0.905. The minimum absolute atomic E-state index is 0.134. The Morgan fingerprint density at radius 2 is 1.81 bits per heavy atom. The number of carbonyl (C=O) groups is 3. The Balaban J connectivity index is 2.47. The summed E-state index contributed by atoms with van der Waals surface area (Å²) in [6.45, 7) is 3.33. The lowest BCUT2D eigenvalue weighted by molar-refractivity contribution is -0.141. The molecule has 114 valence electrons. The van der Waals surface area contributed by atoms with Crippen LogP contribution in [-0.4, -0.2) is 29.4 Å². The smallest absolute Gasteiger partial charge is 0.308 e. The maximum Gasteiger partial charge on any atom is 0.308 e. The van der Waals surface area contributed by atoms with Crippen LogP contribution in [0.25, 0.3) is 0 Å². The molecule has 0 radical (unpaired) electrons. The number of benzene rings is 1. The van der Waals surface area contributed by atoms with Crippen molar-refractivity contribution in [3.8, 4) is 0 Å². The van der Waals surface area contributed by atoms with Crippen molar-refractivity contribution in [2.24, 2.45) is 5.92 Å². The number of carboxylic acids is 1. The molecular weight excluding hydrogens is 272 g/mol. The van der Waals surface area contributed by atoms with Crippen molar-refractivity contribution in [3.63, 3.8) is 0 Å². The molecule has 1 aromatic carbocycles. The van der Waals surface area contributed by atoms with Gasteiger partial charge in [0, 0.05) is 19.2 Å². The summed E-state index contributed by atoms with van der Waals surface area (Å²) in [6, 6.07) is 6.94. The van der Waals surface area contributed by atoms with Crippen LogP contribution in [0, 0.1) is 5.92 Å². The van der Waals surface area contributed by atoms with Crippen molar-refractivity contribution in [1.82, 2.24) is 5.32 Å². The van der Waals surface area contributed by atoms with Crippen LogP contribution in [-0.2, 0) is 20.8 Å². The molecule has 0 saturated carbocycles. The zero-order chi connectivity index (χ0) is 15.8. The second-order valence-electron chi connectivity index (χ2n) is 4.80. The van der Waals surface area contributed by atoms with Crippen LogP contribution in [0.15, 0.2) is 24.3 Å². The van der Waals surface area contributed by atoms with Gasteiger partial charge in [0.2, 0.25) is 11.8 Å². The number of amides is 2. The van der Waals surface area contributed by atoms with Gasteiger partial charge in [0.1, 0.15) is 0 Å². The number of anilines is 1. The molecule has 0 spiro atoms. The van der Waals surface area contributed by atoms with Gasteiger partial charge in [-0.15, -0.1) is 0 Å². The molecule has 0 saturated heterocycles. The molecule has 6 nitrogen and oxygen atoms in total. The Bertz CT molecular complexity index is 511. The fourth-order valence-corrected chi connectivity index (χ4v) is 1.80. The van der Waals surface area contributed by atoms with Gasteiger partial charge in [-0.25, -0.2) is 0 Å². The van der Waals surface area contributed by atoms with E-state index in [1.54, 1.807) is 31.2 Å². The van der Waals surface area contributed by atoms with Crippen molar-refractivity contribution in [1.29, 1.82) is 0 Å². The van der Waals surface area contributed by atoms with Crippen LogP contribution in [0.2, 0.25) is 0 Å². The number of hydrogen-bond donors (Lipinski definition) is 3. The van der Waals surface area contributed by atoms with Crippen LogP contribution < -0.4 is 10.6 Å². The zero-order valence-corrected chi connectivity index (χ0v) is 12.2. The van der Waals surface area contributed by atoms with E-state index in [4.69, 9.17) is 5.11 Å². The van der Waals surface area contributed by atoms with E-state index in [2.05, 4.69) is 10.6 Å². The summed E-state index contributed by atoms with van der Waals surface area (Å²) in [7, 11) is 0. The lowest BCUT2D eigenvalue weighted by Crippen LogP contribution is -2.33. The van der Waals surface area contributed by atoms with Crippen LogP contribution in [0.4, 0.5) is 5.69 Å². The largest absolute Gasteiger partial charge is 0.481 e. The first-order chi connectivity index (χ1) is 9.92. The number of hydrogen-bond acceptors (Lipinski definition) is 3. The Hall–Kier alpha value is -2.37. The van der Waals surface area contributed by atoms with Crippen molar-refractivity contribution in [3.05, 3.63) is 29.8 Å². The third-order valence-electron chi connectivity index (χ3n) is 3.03. The third kappa shape index (κ3) is 6.07. The predicted molar refractivity (Wildman–Crippen MR) is 78.9 cm³/mol. The first kappa shape index (κ1) is 16.7. The zero-order valence-electron chi connectivity index (χ0n) is 12.2. The lowest BCUT2D eigenvalue weighted by Gasteiger charge is -2.11. The normalized spacial score (nSPS) is 11.5. The molecule has 1 atom stereocenters. The Morgan fingerprint density at radius 1 is 1.19 bits per heavy atom. The van der Waals surface area contributed by atoms with Crippen molar-refractivity contribution in [2.45, 2.75) is 26.7 Å². The van der Waals surface area contributed by atoms with E-state index in [-0.39, 0.29) is 24.8 Å². The Kier molecular flexibility index (Phi) is 6.39. The number of rotatable bonds is 7. The van der Waals surface area contributed by atoms with Gasteiger partial charge in [0.15, 0.2) is 0 Å². The molecule has 0 bridgehead atoms. The Labute approximate surface area is 123 Å². The first-order valence-electron chi connectivity index (χ1n) is 6.78. The van der Waals surface area contributed by atoms with E-state index in [1.165, 1.54) is 6.92 Å². The third-order valence-corrected chi connectivity index (χ3v) is 3.03. The molecule has 2 amide bonds. The molecule has 6 heteroatoms. The van der Waals surface area contributed by atoms with Crippen molar-refractivity contribution >= 4 is 23.5 Å². The van der Waals surface area contributed by atoms with Gasteiger partial charge < -0.3 is 15.7 Å². The summed E-state index contributed by atoms with van der Waals surface area (Å²) >= 11 is 0. The van der Waals surface area contributed by atoms with E-state index in [9.17, 15) is 14.4 Å². The summed E-state index contributed by atoms with van der Waals surface area (Å²) < 4.78 is 0. The van der Waals surface area contributed by atoms with Gasteiger partial charge in [0.05, 0.1) is 12.3 Å². The number of nitrogens with one attached hydrogen (secondary N) is 2. The van der Waals surface area contributed by atoms with Gasteiger partial charge in [-0.2, -0.15) is 0 Å².